The third-order valence-electron chi connectivity index (χ3n) is 5.95. The highest BCUT2D eigenvalue weighted by molar-refractivity contribution is 5.92. The Morgan fingerprint density at radius 1 is 1.23 bits per heavy atom. The van der Waals surface area contributed by atoms with Crippen LogP contribution in [-0.2, 0) is 18.4 Å². The van der Waals surface area contributed by atoms with E-state index in [-0.39, 0.29) is 17.7 Å². The number of nitrogens with zero attached hydrogens (tertiary/aromatic N) is 5. The van der Waals surface area contributed by atoms with Crippen molar-refractivity contribution in [3.05, 3.63) is 48.0 Å². The summed E-state index contributed by atoms with van der Waals surface area (Å²) in [4.78, 5) is 31.9. The highest BCUT2D eigenvalue weighted by Gasteiger charge is 2.28. The van der Waals surface area contributed by atoms with Gasteiger partial charge in [0.25, 0.3) is 5.91 Å². The molecule has 2 aromatic heterocycles. The van der Waals surface area contributed by atoms with Crippen molar-refractivity contribution in [2.24, 2.45) is 7.05 Å². The second-order valence-electron chi connectivity index (χ2n) is 8.14. The molecule has 1 aromatic carbocycles. The van der Waals surface area contributed by atoms with E-state index in [4.69, 9.17) is 4.98 Å². The molecule has 1 fully saturated rings. The summed E-state index contributed by atoms with van der Waals surface area (Å²) in [7, 11) is 1.72. The fourth-order valence-electron chi connectivity index (χ4n) is 4.41. The third kappa shape index (κ3) is 4.47. The Morgan fingerprint density at radius 3 is 2.84 bits per heavy atom. The first-order valence-corrected chi connectivity index (χ1v) is 11.1. The number of benzene rings is 1. The minimum Gasteiger partial charge on any atom is -0.350 e. The summed E-state index contributed by atoms with van der Waals surface area (Å²) in [5.74, 6) is 1.19. The molecule has 0 saturated carbocycles. The molecular formula is C23H30N6O2. The maximum absolute atomic E-state index is 12.8. The molecule has 0 spiro atoms. The number of hydrogen-bond acceptors (Lipinski definition) is 4. The van der Waals surface area contributed by atoms with E-state index in [1.807, 2.05) is 11.0 Å². The van der Waals surface area contributed by atoms with Crippen molar-refractivity contribution in [2.45, 2.75) is 45.1 Å². The third-order valence-corrected chi connectivity index (χ3v) is 5.95. The van der Waals surface area contributed by atoms with Crippen LogP contribution in [0.4, 0.5) is 0 Å². The minimum atomic E-state index is -0.211. The molecular weight excluding hydrogens is 392 g/mol. The number of para-hydroxylation sites is 2. The van der Waals surface area contributed by atoms with Crippen LogP contribution in [0.25, 0.3) is 11.0 Å². The van der Waals surface area contributed by atoms with E-state index in [9.17, 15) is 9.59 Å². The highest BCUT2D eigenvalue weighted by atomic mass is 16.2. The van der Waals surface area contributed by atoms with E-state index in [0.717, 1.165) is 43.7 Å². The molecule has 8 heteroatoms. The van der Waals surface area contributed by atoms with Gasteiger partial charge in [-0.05, 0) is 37.5 Å². The molecule has 0 bridgehead atoms. The summed E-state index contributed by atoms with van der Waals surface area (Å²) in [6.07, 6.45) is 4.92. The number of imidazole rings is 1. The minimum absolute atomic E-state index is 0.0770. The molecule has 1 aliphatic rings. The van der Waals surface area contributed by atoms with Crippen LogP contribution in [0.5, 0.6) is 0 Å². The monoisotopic (exact) mass is 422 g/mol. The number of rotatable bonds is 7. The van der Waals surface area contributed by atoms with E-state index in [0.29, 0.717) is 25.2 Å². The molecule has 31 heavy (non-hydrogen) atoms. The number of amides is 2. The van der Waals surface area contributed by atoms with Crippen LogP contribution in [0.1, 0.15) is 54.8 Å². The maximum atomic E-state index is 12.8. The highest BCUT2D eigenvalue weighted by Crippen LogP contribution is 2.29. The summed E-state index contributed by atoms with van der Waals surface area (Å²) < 4.78 is 3.84. The fraction of sp³-hybridized carbons (Fsp3) is 0.478. The topological polar surface area (TPSA) is 85.0 Å². The first-order valence-electron chi connectivity index (χ1n) is 11.1. The van der Waals surface area contributed by atoms with Gasteiger partial charge in [0.1, 0.15) is 11.5 Å². The Labute approximate surface area is 182 Å². The van der Waals surface area contributed by atoms with Gasteiger partial charge in [0.15, 0.2) is 0 Å². The second kappa shape index (κ2) is 9.32. The smallest absolute Gasteiger partial charge is 0.269 e. The van der Waals surface area contributed by atoms with Crippen molar-refractivity contribution in [2.75, 3.05) is 19.6 Å². The molecule has 3 heterocycles. The lowest BCUT2D eigenvalue weighted by Crippen LogP contribution is -2.41. The number of aryl methyl sites for hydroxylation is 2. The van der Waals surface area contributed by atoms with Crippen LogP contribution in [-0.4, -0.2) is 55.7 Å². The molecule has 1 N–H and O–H groups in total. The average molecular weight is 423 g/mol. The zero-order chi connectivity index (χ0) is 21.8. The number of carbonyl (C=O) groups excluding carboxylic acids is 2. The molecule has 3 aromatic rings. The lowest BCUT2D eigenvalue weighted by atomic mass is 9.96. The van der Waals surface area contributed by atoms with Gasteiger partial charge in [-0.15, -0.1) is 0 Å². The van der Waals surface area contributed by atoms with Gasteiger partial charge in [0.2, 0.25) is 5.91 Å². The zero-order valence-electron chi connectivity index (χ0n) is 18.3. The van der Waals surface area contributed by atoms with Gasteiger partial charge in [-0.25, -0.2) is 4.98 Å². The summed E-state index contributed by atoms with van der Waals surface area (Å²) in [5.41, 5.74) is 2.67. The fourth-order valence-corrected chi connectivity index (χ4v) is 4.41. The lowest BCUT2D eigenvalue weighted by molar-refractivity contribution is -0.132. The van der Waals surface area contributed by atoms with E-state index in [2.05, 4.69) is 40.1 Å². The zero-order valence-corrected chi connectivity index (χ0v) is 18.3. The van der Waals surface area contributed by atoms with E-state index in [1.165, 1.54) is 10.2 Å². The number of fused-ring (bicyclic) bond motifs is 1. The van der Waals surface area contributed by atoms with Gasteiger partial charge in [-0.3, -0.25) is 14.3 Å². The maximum Gasteiger partial charge on any atom is 0.269 e. The Kier molecular flexibility index (Phi) is 6.34. The van der Waals surface area contributed by atoms with Crippen LogP contribution in [0.15, 0.2) is 36.5 Å². The molecule has 1 atom stereocenters. The largest absolute Gasteiger partial charge is 0.350 e. The van der Waals surface area contributed by atoms with Gasteiger partial charge in [0.05, 0.1) is 11.0 Å². The number of likely N-dealkylation sites (tertiary alicyclic amines) is 1. The molecule has 1 aliphatic heterocycles. The number of hydrogen-bond donors (Lipinski definition) is 1. The van der Waals surface area contributed by atoms with Gasteiger partial charge >= 0.3 is 0 Å². The molecule has 1 unspecified atom stereocenters. The Hall–Kier alpha value is -3.16. The van der Waals surface area contributed by atoms with Crippen molar-refractivity contribution in [1.82, 2.24) is 29.5 Å². The van der Waals surface area contributed by atoms with E-state index in [1.54, 1.807) is 19.3 Å². The molecule has 0 radical (unpaired) electrons. The van der Waals surface area contributed by atoms with Crippen LogP contribution < -0.4 is 5.32 Å². The van der Waals surface area contributed by atoms with Crippen molar-refractivity contribution in [3.8, 4) is 0 Å². The standard InChI is InChI=1S/C23H30N6O2/c1-3-14-29-19-9-5-4-8-18(19)26-22(29)17-7-6-15-28(16-17)21(30)11-12-24-23(31)20-10-13-25-27(20)2/h4-5,8-10,13,17H,3,6-7,11-12,14-16H2,1-2H3,(H,24,31). The van der Waals surface area contributed by atoms with Crippen molar-refractivity contribution in [1.29, 1.82) is 0 Å². The Balaban J connectivity index is 1.39. The number of nitrogens with one attached hydrogen (secondary N) is 1. The van der Waals surface area contributed by atoms with Gasteiger partial charge in [0, 0.05) is 51.8 Å². The van der Waals surface area contributed by atoms with Gasteiger partial charge < -0.3 is 14.8 Å². The summed E-state index contributed by atoms with van der Waals surface area (Å²) in [6.45, 7) is 4.87. The summed E-state index contributed by atoms with van der Waals surface area (Å²) in [6, 6.07) is 9.91. The Morgan fingerprint density at radius 2 is 2.06 bits per heavy atom. The predicted molar refractivity (Wildman–Crippen MR) is 119 cm³/mol. The number of aromatic nitrogens is 4. The van der Waals surface area contributed by atoms with Gasteiger partial charge in [-0.1, -0.05) is 19.1 Å². The van der Waals surface area contributed by atoms with Gasteiger partial charge in [-0.2, -0.15) is 5.10 Å². The average Bonchev–Trinajstić information content (AvgIpc) is 3.38. The predicted octanol–water partition coefficient (Wildman–Crippen LogP) is 2.71. The summed E-state index contributed by atoms with van der Waals surface area (Å²) in [5, 5.41) is 6.82. The molecule has 164 valence electrons. The van der Waals surface area contributed by atoms with Crippen LogP contribution in [0.3, 0.4) is 0 Å². The summed E-state index contributed by atoms with van der Waals surface area (Å²) >= 11 is 0. The first kappa shape index (κ1) is 21.1. The van der Waals surface area contributed by atoms with Crippen molar-refractivity contribution >= 4 is 22.8 Å². The van der Waals surface area contributed by atoms with Crippen molar-refractivity contribution < 1.29 is 9.59 Å². The first-order chi connectivity index (χ1) is 15.1. The normalized spacial score (nSPS) is 16.6. The van der Waals surface area contributed by atoms with Crippen LogP contribution in [0, 0.1) is 0 Å². The molecule has 4 rings (SSSR count). The lowest BCUT2D eigenvalue weighted by Gasteiger charge is -2.33. The molecule has 1 saturated heterocycles. The molecule has 2 amide bonds. The number of carbonyl (C=O) groups is 2. The van der Waals surface area contributed by atoms with Crippen LogP contribution >= 0.6 is 0 Å². The van der Waals surface area contributed by atoms with Crippen LogP contribution in [0.2, 0.25) is 0 Å². The SMILES string of the molecule is CCCn1c(C2CCCN(C(=O)CCNC(=O)c3ccnn3C)C2)nc2ccccc21. The van der Waals surface area contributed by atoms with E-state index < -0.39 is 0 Å². The second-order valence-corrected chi connectivity index (χ2v) is 8.14. The van der Waals surface area contributed by atoms with E-state index >= 15 is 0 Å². The number of piperidine rings is 1. The quantitative estimate of drug-likeness (QED) is 0.634. The van der Waals surface area contributed by atoms with Crippen molar-refractivity contribution in [3.63, 3.8) is 0 Å². The Bertz CT molecular complexity index is 1070. The molecule has 8 nitrogen and oxygen atoms in total. The molecule has 0 aliphatic carbocycles.